The van der Waals surface area contributed by atoms with E-state index in [0.717, 1.165) is 60.7 Å². The molecule has 0 bridgehead atoms. The van der Waals surface area contributed by atoms with Crippen molar-refractivity contribution in [3.63, 3.8) is 0 Å². The summed E-state index contributed by atoms with van der Waals surface area (Å²) in [5.41, 5.74) is 12.5. The van der Waals surface area contributed by atoms with Crippen molar-refractivity contribution in [3.8, 4) is 6.07 Å². The second-order valence-corrected chi connectivity index (χ2v) is 10.7. The van der Waals surface area contributed by atoms with E-state index in [9.17, 15) is 14.9 Å². The van der Waals surface area contributed by atoms with E-state index in [0.29, 0.717) is 29.8 Å². The maximum Gasteiger partial charge on any atom is 0.241 e. The molecule has 0 aliphatic carbocycles. The highest BCUT2D eigenvalue weighted by Gasteiger charge is 2.27. The Morgan fingerprint density at radius 3 is 2.42 bits per heavy atom. The van der Waals surface area contributed by atoms with Gasteiger partial charge in [0.2, 0.25) is 5.91 Å². The van der Waals surface area contributed by atoms with Gasteiger partial charge in [0.05, 0.1) is 11.3 Å². The molecule has 2 aliphatic heterocycles. The van der Waals surface area contributed by atoms with Crippen molar-refractivity contribution in [3.05, 3.63) is 88.5 Å². The Bertz CT molecular complexity index is 1440. The van der Waals surface area contributed by atoms with E-state index in [4.69, 9.17) is 5.73 Å². The molecule has 206 valence electrons. The third-order valence-electron chi connectivity index (χ3n) is 8.07. The molecule has 0 spiro atoms. The molecule has 0 aromatic heterocycles. The zero-order valence-electron chi connectivity index (χ0n) is 23.1. The fraction of sp³-hybridized carbons (Fsp3) is 0.344. The van der Waals surface area contributed by atoms with Gasteiger partial charge in [0.15, 0.2) is 5.78 Å². The number of carbonyl (C=O) groups excluding carboxylic acids is 2. The summed E-state index contributed by atoms with van der Waals surface area (Å²) in [4.78, 5) is 29.8. The molecule has 0 saturated carbocycles. The van der Waals surface area contributed by atoms with Crippen LogP contribution in [0.25, 0.3) is 0 Å². The minimum atomic E-state index is -0.406. The van der Waals surface area contributed by atoms with Crippen molar-refractivity contribution in [2.75, 3.05) is 47.8 Å². The number of nitriles is 1. The summed E-state index contributed by atoms with van der Waals surface area (Å²) in [6.45, 7) is 7.74. The van der Waals surface area contributed by atoms with Crippen LogP contribution in [-0.4, -0.2) is 56.5 Å². The van der Waals surface area contributed by atoms with Crippen LogP contribution in [0, 0.1) is 25.2 Å². The van der Waals surface area contributed by atoms with E-state index in [2.05, 4.69) is 34.6 Å². The zero-order valence-corrected chi connectivity index (χ0v) is 23.1. The Kier molecular flexibility index (Phi) is 8.04. The molecule has 3 aromatic carbocycles. The van der Waals surface area contributed by atoms with E-state index < -0.39 is 6.04 Å². The fourth-order valence-corrected chi connectivity index (χ4v) is 5.81. The predicted octanol–water partition coefficient (Wildman–Crippen LogP) is 3.75. The number of benzene rings is 3. The van der Waals surface area contributed by atoms with Crippen LogP contribution in [0.5, 0.6) is 0 Å². The highest BCUT2D eigenvalue weighted by Crippen LogP contribution is 2.29. The van der Waals surface area contributed by atoms with Crippen molar-refractivity contribution in [1.29, 1.82) is 5.26 Å². The molecular formula is C32H36N6O2. The van der Waals surface area contributed by atoms with Crippen LogP contribution < -0.4 is 26.2 Å². The molecule has 4 N–H and O–H groups in total. The smallest absolute Gasteiger partial charge is 0.241 e. The Hall–Kier alpha value is -4.35. The molecule has 2 saturated heterocycles. The van der Waals surface area contributed by atoms with Gasteiger partial charge in [0, 0.05) is 61.3 Å². The van der Waals surface area contributed by atoms with E-state index in [1.165, 1.54) is 0 Å². The Morgan fingerprint density at radius 2 is 1.73 bits per heavy atom. The number of nitrogens with zero attached hydrogens (tertiary/aromatic N) is 3. The van der Waals surface area contributed by atoms with Crippen molar-refractivity contribution in [2.45, 2.75) is 38.8 Å². The Labute approximate surface area is 235 Å². The van der Waals surface area contributed by atoms with E-state index >= 15 is 0 Å². The maximum atomic E-state index is 13.6. The summed E-state index contributed by atoms with van der Waals surface area (Å²) in [6.07, 6.45) is 1.88. The normalized spacial score (nSPS) is 17.8. The van der Waals surface area contributed by atoms with Gasteiger partial charge in [0.1, 0.15) is 12.1 Å². The van der Waals surface area contributed by atoms with Crippen molar-refractivity contribution >= 4 is 28.8 Å². The van der Waals surface area contributed by atoms with Crippen LogP contribution in [0.15, 0.2) is 60.7 Å². The van der Waals surface area contributed by atoms with Gasteiger partial charge >= 0.3 is 0 Å². The van der Waals surface area contributed by atoms with Gasteiger partial charge in [-0.1, -0.05) is 18.2 Å². The van der Waals surface area contributed by atoms with E-state index in [1.807, 2.05) is 66.4 Å². The quantitative estimate of drug-likeness (QED) is 0.394. The average Bonchev–Trinajstić information content (AvgIpc) is 2.98. The summed E-state index contributed by atoms with van der Waals surface area (Å²) >= 11 is 0. The summed E-state index contributed by atoms with van der Waals surface area (Å²) in [5.74, 6) is -0.387. The minimum absolute atomic E-state index is 0.0261. The number of para-hydroxylation sites is 1. The van der Waals surface area contributed by atoms with Crippen LogP contribution in [0.2, 0.25) is 0 Å². The highest BCUT2D eigenvalue weighted by atomic mass is 16.1. The first-order chi connectivity index (χ1) is 19.4. The first-order valence-electron chi connectivity index (χ1n) is 13.9. The number of hydrogen-bond acceptors (Lipinski definition) is 7. The number of nitrogens with two attached hydrogens (primary N) is 1. The first-order valence-corrected chi connectivity index (χ1v) is 13.9. The Balaban J connectivity index is 1.28. The number of anilines is 3. The molecule has 1 unspecified atom stereocenters. The van der Waals surface area contributed by atoms with Gasteiger partial charge < -0.3 is 26.2 Å². The van der Waals surface area contributed by atoms with Crippen LogP contribution in [0.1, 0.15) is 45.5 Å². The number of primary amides is 1. The summed E-state index contributed by atoms with van der Waals surface area (Å²) in [7, 11) is 0. The number of rotatable bonds is 7. The van der Waals surface area contributed by atoms with E-state index in [1.54, 1.807) is 0 Å². The van der Waals surface area contributed by atoms with Crippen LogP contribution in [0.3, 0.4) is 0 Å². The van der Waals surface area contributed by atoms with Crippen molar-refractivity contribution in [1.82, 2.24) is 5.32 Å². The van der Waals surface area contributed by atoms with Gasteiger partial charge in [-0.2, -0.15) is 5.26 Å². The lowest BCUT2D eigenvalue weighted by Crippen LogP contribution is -2.57. The molecule has 8 heteroatoms. The molecular weight excluding hydrogens is 500 g/mol. The van der Waals surface area contributed by atoms with Gasteiger partial charge in [-0.15, -0.1) is 0 Å². The molecule has 2 heterocycles. The third kappa shape index (κ3) is 5.65. The number of amides is 1. The number of ketones is 1. The Morgan fingerprint density at radius 1 is 1.00 bits per heavy atom. The van der Waals surface area contributed by atoms with Gasteiger partial charge in [0.25, 0.3) is 0 Å². The number of carbonyl (C=O) groups is 2. The lowest BCUT2D eigenvalue weighted by molar-refractivity contribution is -0.119. The minimum Gasteiger partial charge on any atom is -0.382 e. The van der Waals surface area contributed by atoms with Gasteiger partial charge in [-0.05, 0) is 80.3 Å². The van der Waals surface area contributed by atoms with Crippen LogP contribution >= 0.6 is 0 Å². The molecule has 8 nitrogen and oxygen atoms in total. The lowest BCUT2D eigenvalue weighted by Gasteiger charge is -2.36. The second kappa shape index (κ2) is 11.8. The molecule has 1 atom stereocenters. The molecule has 5 rings (SSSR count). The lowest BCUT2D eigenvalue weighted by atomic mass is 9.95. The molecule has 1 amide bonds. The van der Waals surface area contributed by atoms with Crippen LogP contribution in [-0.2, 0) is 4.79 Å². The zero-order chi connectivity index (χ0) is 28.2. The second-order valence-electron chi connectivity index (χ2n) is 10.7. The molecule has 3 aromatic rings. The maximum absolute atomic E-state index is 13.6. The van der Waals surface area contributed by atoms with Crippen molar-refractivity contribution in [2.24, 2.45) is 5.73 Å². The number of piperidine rings is 1. The van der Waals surface area contributed by atoms with Gasteiger partial charge in [-0.25, -0.2) is 0 Å². The molecule has 2 fully saturated rings. The van der Waals surface area contributed by atoms with Gasteiger partial charge in [-0.3, -0.25) is 9.59 Å². The summed E-state index contributed by atoms with van der Waals surface area (Å²) < 4.78 is 0. The van der Waals surface area contributed by atoms with Crippen LogP contribution in [0.4, 0.5) is 17.1 Å². The number of hydrogen-bond donors (Lipinski definition) is 3. The largest absolute Gasteiger partial charge is 0.382 e. The number of aryl methyl sites for hydroxylation is 2. The highest BCUT2D eigenvalue weighted by molar-refractivity contribution is 6.10. The average molecular weight is 537 g/mol. The predicted molar refractivity (Wildman–Crippen MR) is 159 cm³/mol. The standard InChI is InChI=1S/C32H36N6O2/c1-21-17-22(2)28(36-25-11-14-37(15-12-25)29-6-4-3-5-24(29)19-33)18-27(21)31(39)23-7-9-26(10-8-23)38-16-13-35-20-30(38)32(34)40/h3-10,17-18,25,30,35-36H,11-16,20H2,1-2H3,(H2,34,40). The molecule has 40 heavy (non-hydrogen) atoms. The van der Waals surface area contributed by atoms with E-state index in [-0.39, 0.29) is 17.7 Å². The fourth-order valence-electron chi connectivity index (χ4n) is 5.81. The summed E-state index contributed by atoms with van der Waals surface area (Å²) in [6, 6.07) is 21.4. The number of nitrogens with one attached hydrogen (secondary N) is 2. The SMILES string of the molecule is Cc1cc(C)c(C(=O)c2ccc(N3CCNCC3C(N)=O)cc2)cc1NC1CCN(c2ccccc2C#N)CC1. The summed E-state index contributed by atoms with van der Waals surface area (Å²) in [5, 5.41) is 16.4. The monoisotopic (exact) mass is 536 g/mol. The topological polar surface area (TPSA) is 114 Å². The number of piperazine rings is 1. The first kappa shape index (κ1) is 27.2. The van der Waals surface area contributed by atoms with Crippen molar-refractivity contribution < 1.29 is 9.59 Å². The third-order valence-corrected chi connectivity index (χ3v) is 8.07. The molecule has 2 aliphatic rings. The molecule has 0 radical (unpaired) electrons.